The molecule has 0 atom stereocenters. The van der Waals surface area contributed by atoms with Gasteiger partial charge in [-0.25, -0.2) is 13.4 Å². The second-order valence-corrected chi connectivity index (χ2v) is 10.4. The van der Waals surface area contributed by atoms with Gasteiger partial charge < -0.3 is 20.6 Å². The number of fused-ring (bicyclic) bond motifs is 7. The largest absolute Gasteiger partial charge is 0.395 e. The molecule has 1 saturated heterocycles. The van der Waals surface area contributed by atoms with E-state index in [0.717, 1.165) is 45.3 Å². The van der Waals surface area contributed by atoms with E-state index in [4.69, 9.17) is 5.11 Å². The summed E-state index contributed by atoms with van der Waals surface area (Å²) in [7, 11) is -3.68. The molecule has 5 rings (SSSR count). The van der Waals surface area contributed by atoms with Gasteiger partial charge in [-0.1, -0.05) is 18.2 Å². The van der Waals surface area contributed by atoms with Gasteiger partial charge in [0, 0.05) is 19.6 Å². The number of rotatable bonds is 4. The molecule has 2 aromatic rings. The maximum absolute atomic E-state index is 13.3. The summed E-state index contributed by atoms with van der Waals surface area (Å²) in [6, 6.07) is 10.3. The lowest BCUT2D eigenvalue weighted by atomic mass is 9.92. The minimum Gasteiger partial charge on any atom is -0.395 e. The van der Waals surface area contributed by atoms with E-state index in [1.54, 1.807) is 24.3 Å². The Hall–Kier alpha value is -3.11. The van der Waals surface area contributed by atoms with Crippen molar-refractivity contribution in [1.82, 2.24) is 4.98 Å². The smallest absolute Gasteiger partial charge is 0.258 e. The van der Waals surface area contributed by atoms with Crippen molar-refractivity contribution >= 4 is 38.9 Å². The highest BCUT2D eigenvalue weighted by Gasteiger charge is 2.24. The van der Waals surface area contributed by atoms with Crippen LogP contribution in [0, 0.1) is 5.92 Å². The Morgan fingerprint density at radius 1 is 1.12 bits per heavy atom. The average molecular weight is 486 g/mol. The van der Waals surface area contributed by atoms with Crippen molar-refractivity contribution in [2.75, 3.05) is 52.2 Å². The molecular weight excluding hydrogens is 454 g/mol. The zero-order chi connectivity index (χ0) is 24.0. The number of piperidine rings is 1. The number of allylic oxidation sites excluding steroid dienone is 1. The molecule has 0 spiro atoms. The molecular formula is C24H31N5O4S. The number of hydrogen-bond donors (Lipinski definition) is 4. The van der Waals surface area contributed by atoms with Crippen molar-refractivity contribution in [3.63, 3.8) is 0 Å². The number of carbonyl (C=O) groups excluding carboxylic acids is 1. The Balaban J connectivity index is 1.67. The number of aliphatic hydroxyl groups excluding tert-OH is 1. The van der Waals surface area contributed by atoms with E-state index in [2.05, 4.69) is 37.4 Å². The van der Waals surface area contributed by atoms with Crippen molar-refractivity contribution in [3.05, 3.63) is 54.1 Å². The molecule has 1 amide bonds. The maximum atomic E-state index is 13.3. The fourth-order valence-electron chi connectivity index (χ4n) is 4.29. The van der Waals surface area contributed by atoms with Gasteiger partial charge in [-0.2, -0.15) is 0 Å². The normalized spacial score (nSPS) is 18.4. The van der Waals surface area contributed by atoms with Crippen LogP contribution in [-0.2, 0) is 10.0 Å². The quantitative estimate of drug-likeness (QED) is 0.491. The summed E-state index contributed by atoms with van der Waals surface area (Å²) in [6.45, 7) is 1.85. The minimum atomic E-state index is -3.68. The minimum absolute atomic E-state index is 0.308. The summed E-state index contributed by atoms with van der Waals surface area (Å²) in [5.41, 5.74) is 1.49. The zero-order valence-electron chi connectivity index (χ0n) is 19.0. The number of nitrogens with one attached hydrogen (secondary N) is 3. The zero-order valence-corrected chi connectivity index (χ0v) is 19.9. The molecule has 10 heteroatoms. The molecule has 1 aromatic carbocycles. The van der Waals surface area contributed by atoms with E-state index in [0.29, 0.717) is 34.5 Å². The van der Waals surface area contributed by atoms with Crippen LogP contribution in [0.3, 0.4) is 0 Å². The van der Waals surface area contributed by atoms with Crippen LogP contribution in [0.25, 0.3) is 0 Å². The molecule has 3 aliphatic rings. The summed E-state index contributed by atoms with van der Waals surface area (Å²) >= 11 is 0. The highest BCUT2D eigenvalue weighted by molar-refractivity contribution is 7.92. The van der Waals surface area contributed by atoms with Gasteiger partial charge in [0.15, 0.2) is 0 Å². The lowest BCUT2D eigenvalue weighted by Crippen LogP contribution is -2.35. The van der Waals surface area contributed by atoms with Crippen LogP contribution in [0.2, 0.25) is 0 Å². The topological polar surface area (TPSA) is 124 Å². The van der Waals surface area contributed by atoms with Crippen LogP contribution in [0.1, 0.15) is 36.0 Å². The molecule has 9 nitrogen and oxygen atoms in total. The predicted molar refractivity (Wildman–Crippen MR) is 135 cm³/mol. The predicted octanol–water partition coefficient (Wildman–Crippen LogP) is 3.05. The monoisotopic (exact) mass is 485 g/mol. The van der Waals surface area contributed by atoms with Crippen LogP contribution in [0.5, 0.6) is 0 Å². The summed E-state index contributed by atoms with van der Waals surface area (Å²) in [4.78, 5) is 19.9. The van der Waals surface area contributed by atoms with Crippen LogP contribution in [-0.4, -0.2) is 56.4 Å². The Labute approximate surface area is 200 Å². The molecule has 0 saturated carbocycles. The molecule has 4 N–H and O–H groups in total. The van der Waals surface area contributed by atoms with Crippen LogP contribution < -0.4 is 20.3 Å². The SMILES string of the molecule is O=C1Nc2cccc(n2)NCC/C=C/CC2CCN(CC2)c2cc(NS(=O)(=O)CCO)ccc21. The number of aliphatic hydroxyl groups is 1. The van der Waals surface area contributed by atoms with E-state index in [1.165, 1.54) is 0 Å². The second-order valence-electron chi connectivity index (χ2n) is 8.59. The maximum Gasteiger partial charge on any atom is 0.258 e. The third-order valence-corrected chi connectivity index (χ3v) is 7.34. The van der Waals surface area contributed by atoms with Crippen LogP contribution in [0.4, 0.5) is 23.0 Å². The molecule has 4 bridgehead atoms. The molecule has 0 aliphatic carbocycles. The van der Waals surface area contributed by atoms with E-state index < -0.39 is 16.6 Å². The van der Waals surface area contributed by atoms with Crippen molar-refractivity contribution in [1.29, 1.82) is 0 Å². The fourth-order valence-corrected chi connectivity index (χ4v) is 5.11. The van der Waals surface area contributed by atoms with Crippen molar-refractivity contribution < 1.29 is 18.3 Å². The van der Waals surface area contributed by atoms with Crippen LogP contribution >= 0.6 is 0 Å². The number of amides is 1. The molecule has 182 valence electrons. The van der Waals surface area contributed by atoms with E-state index >= 15 is 0 Å². The number of benzene rings is 1. The molecule has 4 heterocycles. The van der Waals surface area contributed by atoms with Crippen molar-refractivity contribution in [2.24, 2.45) is 5.92 Å². The molecule has 3 aliphatic heterocycles. The standard InChI is InChI=1S/C24H31N5O4S/c30-15-16-34(32,33)28-19-8-9-20-21(17-19)29-13-10-18(11-14-29)5-2-1-3-12-25-22-6-4-7-23(26-22)27-24(20)31/h1-2,4,6-9,17-18,28,30H,3,5,10-16H2,(H2,25,26,27,31)/b2-1+. The molecule has 34 heavy (non-hydrogen) atoms. The Morgan fingerprint density at radius 2 is 1.91 bits per heavy atom. The first-order chi connectivity index (χ1) is 16.4. The van der Waals surface area contributed by atoms with Gasteiger partial charge in [-0.15, -0.1) is 0 Å². The van der Waals surface area contributed by atoms with E-state index in [1.807, 2.05) is 12.1 Å². The molecule has 0 unspecified atom stereocenters. The summed E-state index contributed by atoms with van der Waals surface area (Å²) < 4.78 is 26.8. The van der Waals surface area contributed by atoms with Crippen LogP contribution in [0.15, 0.2) is 48.6 Å². The van der Waals surface area contributed by atoms with E-state index in [9.17, 15) is 13.2 Å². The Kier molecular flexibility index (Phi) is 7.69. The number of nitrogens with zero attached hydrogens (tertiary/aromatic N) is 2. The lowest BCUT2D eigenvalue weighted by molar-refractivity contribution is 0.102. The highest BCUT2D eigenvalue weighted by Crippen LogP contribution is 2.31. The van der Waals surface area contributed by atoms with Gasteiger partial charge in [-0.3, -0.25) is 9.52 Å². The number of hydrogen-bond acceptors (Lipinski definition) is 7. The Bertz CT molecular complexity index is 1140. The third kappa shape index (κ3) is 6.27. The third-order valence-electron chi connectivity index (χ3n) is 6.07. The first-order valence-corrected chi connectivity index (χ1v) is 13.3. The summed E-state index contributed by atoms with van der Waals surface area (Å²) in [6.07, 6.45) is 8.35. The number of aromatic nitrogens is 1. The number of pyridine rings is 1. The lowest BCUT2D eigenvalue weighted by Gasteiger charge is -2.34. The number of sulfonamides is 1. The first kappa shape index (κ1) is 24.0. The average Bonchev–Trinajstić information content (AvgIpc) is 2.81. The van der Waals surface area contributed by atoms with Gasteiger partial charge in [0.05, 0.1) is 29.3 Å². The van der Waals surface area contributed by atoms with Gasteiger partial charge >= 0.3 is 0 Å². The number of anilines is 4. The van der Waals surface area contributed by atoms with Crippen molar-refractivity contribution in [2.45, 2.75) is 25.7 Å². The van der Waals surface area contributed by atoms with Gasteiger partial charge in [0.1, 0.15) is 11.6 Å². The van der Waals surface area contributed by atoms with Gasteiger partial charge in [0.25, 0.3) is 5.91 Å². The molecule has 1 aromatic heterocycles. The Morgan fingerprint density at radius 3 is 2.71 bits per heavy atom. The van der Waals surface area contributed by atoms with E-state index in [-0.39, 0.29) is 11.7 Å². The molecule has 1 fully saturated rings. The number of carbonyl (C=O) groups is 1. The highest BCUT2D eigenvalue weighted by atomic mass is 32.2. The molecule has 0 radical (unpaired) electrons. The van der Waals surface area contributed by atoms with Gasteiger partial charge in [-0.05, 0) is 61.9 Å². The summed E-state index contributed by atoms with van der Waals surface area (Å²) in [5.74, 6) is 1.01. The van der Waals surface area contributed by atoms with Gasteiger partial charge in [0.2, 0.25) is 10.0 Å². The fraction of sp³-hybridized carbons (Fsp3) is 0.417. The van der Waals surface area contributed by atoms with Crippen molar-refractivity contribution in [3.8, 4) is 0 Å². The summed E-state index contributed by atoms with van der Waals surface area (Å²) in [5, 5.41) is 15.2. The first-order valence-electron chi connectivity index (χ1n) is 11.6. The second kappa shape index (κ2) is 10.9.